The van der Waals surface area contributed by atoms with Gasteiger partial charge in [0.05, 0.1) is 0 Å². The van der Waals surface area contributed by atoms with Crippen molar-refractivity contribution in [3.8, 4) is 5.75 Å². The average Bonchev–Trinajstić information content (AvgIpc) is 2.79. The summed E-state index contributed by atoms with van der Waals surface area (Å²) in [5.41, 5.74) is 2.25. The Balaban J connectivity index is 2.14. The highest BCUT2D eigenvalue weighted by atomic mass is 16.5. The molecule has 1 aromatic heterocycles. The fourth-order valence-corrected chi connectivity index (χ4v) is 1.98. The number of hydrogen-bond acceptors (Lipinski definition) is 2. The SMILES string of the molecule is C=CCOc1ccc2[nH]cc(CCNC(C)=O)c2c1. The van der Waals surface area contributed by atoms with Crippen molar-refractivity contribution >= 4 is 16.8 Å². The summed E-state index contributed by atoms with van der Waals surface area (Å²) in [7, 11) is 0. The molecule has 100 valence electrons. The number of fused-ring (bicyclic) bond motifs is 1. The number of aromatic nitrogens is 1. The van der Waals surface area contributed by atoms with Crippen LogP contribution >= 0.6 is 0 Å². The van der Waals surface area contributed by atoms with Crippen molar-refractivity contribution in [2.45, 2.75) is 13.3 Å². The van der Waals surface area contributed by atoms with Gasteiger partial charge in [-0.15, -0.1) is 0 Å². The Bertz CT molecular complexity index is 587. The zero-order valence-electron chi connectivity index (χ0n) is 11.0. The molecule has 0 spiro atoms. The van der Waals surface area contributed by atoms with Gasteiger partial charge in [0.25, 0.3) is 0 Å². The number of hydrogen-bond donors (Lipinski definition) is 2. The summed E-state index contributed by atoms with van der Waals surface area (Å²) >= 11 is 0. The molecule has 0 fully saturated rings. The molecule has 0 saturated heterocycles. The second-order valence-electron chi connectivity index (χ2n) is 4.35. The third-order valence-electron chi connectivity index (χ3n) is 2.88. The minimum absolute atomic E-state index is 0.00477. The third kappa shape index (κ3) is 3.37. The van der Waals surface area contributed by atoms with Crippen LogP contribution in [-0.4, -0.2) is 24.0 Å². The highest BCUT2D eigenvalue weighted by Gasteiger charge is 2.05. The van der Waals surface area contributed by atoms with Gasteiger partial charge in [-0.25, -0.2) is 0 Å². The van der Waals surface area contributed by atoms with Gasteiger partial charge in [-0.2, -0.15) is 0 Å². The Labute approximate surface area is 112 Å². The van der Waals surface area contributed by atoms with E-state index in [-0.39, 0.29) is 5.91 Å². The summed E-state index contributed by atoms with van der Waals surface area (Å²) in [6, 6.07) is 5.94. The van der Waals surface area contributed by atoms with Crippen LogP contribution in [-0.2, 0) is 11.2 Å². The number of aromatic amines is 1. The van der Waals surface area contributed by atoms with Crippen LogP contribution in [0.5, 0.6) is 5.75 Å². The standard InChI is InChI=1S/C15H18N2O2/c1-3-8-19-13-4-5-15-14(9-13)12(10-17-15)6-7-16-11(2)18/h3-5,9-10,17H,1,6-8H2,2H3,(H,16,18). The van der Waals surface area contributed by atoms with Crippen LogP contribution in [0.2, 0.25) is 0 Å². The lowest BCUT2D eigenvalue weighted by Crippen LogP contribution is -2.22. The molecule has 0 atom stereocenters. The van der Waals surface area contributed by atoms with Gasteiger partial charge in [-0.1, -0.05) is 12.7 Å². The number of ether oxygens (including phenoxy) is 1. The van der Waals surface area contributed by atoms with Crippen LogP contribution in [0.4, 0.5) is 0 Å². The number of amides is 1. The smallest absolute Gasteiger partial charge is 0.216 e. The molecule has 1 aromatic carbocycles. The first-order valence-corrected chi connectivity index (χ1v) is 6.29. The Morgan fingerprint density at radius 2 is 2.37 bits per heavy atom. The van der Waals surface area contributed by atoms with E-state index in [0.717, 1.165) is 23.1 Å². The van der Waals surface area contributed by atoms with E-state index >= 15 is 0 Å². The lowest BCUT2D eigenvalue weighted by Gasteiger charge is -2.04. The molecule has 0 aliphatic carbocycles. The fraction of sp³-hybridized carbons (Fsp3) is 0.267. The van der Waals surface area contributed by atoms with E-state index in [4.69, 9.17) is 4.74 Å². The summed E-state index contributed by atoms with van der Waals surface area (Å²) in [4.78, 5) is 14.1. The van der Waals surface area contributed by atoms with Gasteiger partial charge in [0.2, 0.25) is 5.91 Å². The monoisotopic (exact) mass is 258 g/mol. The molecule has 0 aliphatic rings. The van der Waals surface area contributed by atoms with Gasteiger partial charge in [0.1, 0.15) is 12.4 Å². The van der Waals surface area contributed by atoms with Gasteiger partial charge < -0.3 is 15.0 Å². The summed E-state index contributed by atoms with van der Waals surface area (Å²) < 4.78 is 5.53. The number of rotatable bonds is 6. The van der Waals surface area contributed by atoms with E-state index in [1.165, 1.54) is 12.5 Å². The Hall–Kier alpha value is -2.23. The van der Waals surface area contributed by atoms with Crippen LogP contribution in [0.25, 0.3) is 10.9 Å². The summed E-state index contributed by atoms with van der Waals surface area (Å²) in [5, 5.41) is 3.93. The normalized spacial score (nSPS) is 10.4. The predicted octanol–water partition coefficient (Wildman–Crippen LogP) is 2.41. The first-order valence-electron chi connectivity index (χ1n) is 6.29. The lowest BCUT2D eigenvalue weighted by atomic mass is 10.1. The van der Waals surface area contributed by atoms with Crippen molar-refractivity contribution in [3.05, 3.63) is 42.6 Å². The Kier molecular flexibility index (Phi) is 4.23. The van der Waals surface area contributed by atoms with Gasteiger partial charge in [-0.05, 0) is 30.2 Å². The molecule has 0 radical (unpaired) electrons. The van der Waals surface area contributed by atoms with Crippen LogP contribution in [0.15, 0.2) is 37.1 Å². The van der Waals surface area contributed by atoms with E-state index in [1.54, 1.807) is 6.08 Å². The first-order chi connectivity index (χ1) is 9.20. The molecule has 0 saturated carbocycles. The number of H-pyrrole nitrogens is 1. The minimum Gasteiger partial charge on any atom is -0.490 e. The summed E-state index contributed by atoms with van der Waals surface area (Å²) in [6.07, 6.45) is 4.49. The fourth-order valence-electron chi connectivity index (χ4n) is 1.98. The molecule has 1 amide bonds. The van der Waals surface area contributed by atoms with E-state index in [9.17, 15) is 4.79 Å². The van der Waals surface area contributed by atoms with Crippen molar-refractivity contribution in [2.75, 3.05) is 13.2 Å². The van der Waals surface area contributed by atoms with E-state index in [1.807, 2.05) is 24.4 Å². The number of nitrogens with one attached hydrogen (secondary N) is 2. The molecule has 2 rings (SSSR count). The number of benzene rings is 1. The molecule has 0 bridgehead atoms. The van der Waals surface area contributed by atoms with E-state index in [0.29, 0.717) is 13.2 Å². The number of carbonyl (C=O) groups is 1. The van der Waals surface area contributed by atoms with Gasteiger partial charge in [0, 0.05) is 30.6 Å². The Morgan fingerprint density at radius 3 is 3.11 bits per heavy atom. The molecule has 4 nitrogen and oxygen atoms in total. The van der Waals surface area contributed by atoms with Crippen molar-refractivity contribution in [1.29, 1.82) is 0 Å². The van der Waals surface area contributed by atoms with Crippen molar-refractivity contribution in [2.24, 2.45) is 0 Å². The first kappa shape index (κ1) is 13.2. The number of carbonyl (C=O) groups excluding carboxylic acids is 1. The van der Waals surface area contributed by atoms with E-state index < -0.39 is 0 Å². The quantitative estimate of drug-likeness (QED) is 0.782. The Morgan fingerprint density at radius 1 is 1.53 bits per heavy atom. The molecule has 4 heteroatoms. The average molecular weight is 258 g/mol. The molecule has 19 heavy (non-hydrogen) atoms. The largest absolute Gasteiger partial charge is 0.490 e. The van der Waals surface area contributed by atoms with Crippen molar-refractivity contribution in [1.82, 2.24) is 10.3 Å². The maximum absolute atomic E-state index is 10.9. The van der Waals surface area contributed by atoms with E-state index in [2.05, 4.69) is 16.9 Å². The van der Waals surface area contributed by atoms with Crippen molar-refractivity contribution < 1.29 is 9.53 Å². The summed E-state index contributed by atoms with van der Waals surface area (Å²) in [5.74, 6) is 0.822. The maximum Gasteiger partial charge on any atom is 0.216 e. The van der Waals surface area contributed by atoms with Crippen LogP contribution in [0.1, 0.15) is 12.5 Å². The molecular formula is C15H18N2O2. The lowest BCUT2D eigenvalue weighted by molar-refractivity contribution is -0.118. The predicted molar refractivity (Wildman–Crippen MR) is 76.4 cm³/mol. The van der Waals surface area contributed by atoms with Crippen LogP contribution in [0.3, 0.4) is 0 Å². The second kappa shape index (κ2) is 6.09. The van der Waals surface area contributed by atoms with Gasteiger partial charge in [0.15, 0.2) is 0 Å². The second-order valence-corrected chi connectivity index (χ2v) is 4.35. The molecule has 1 heterocycles. The topological polar surface area (TPSA) is 54.1 Å². The van der Waals surface area contributed by atoms with Gasteiger partial charge >= 0.3 is 0 Å². The highest BCUT2D eigenvalue weighted by Crippen LogP contribution is 2.24. The van der Waals surface area contributed by atoms with Crippen molar-refractivity contribution in [3.63, 3.8) is 0 Å². The maximum atomic E-state index is 10.9. The molecule has 0 aliphatic heterocycles. The zero-order valence-corrected chi connectivity index (χ0v) is 11.0. The van der Waals surface area contributed by atoms with Crippen LogP contribution in [0, 0.1) is 0 Å². The zero-order chi connectivity index (χ0) is 13.7. The summed E-state index contributed by atoms with van der Waals surface area (Å²) in [6.45, 7) is 6.29. The minimum atomic E-state index is -0.00477. The third-order valence-corrected chi connectivity index (χ3v) is 2.88. The van der Waals surface area contributed by atoms with Gasteiger partial charge in [-0.3, -0.25) is 4.79 Å². The van der Waals surface area contributed by atoms with Crippen LogP contribution < -0.4 is 10.1 Å². The molecule has 2 aromatic rings. The highest BCUT2D eigenvalue weighted by molar-refractivity contribution is 5.84. The molecule has 2 N–H and O–H groups in total. The molecular weight excluding hydrogens is 240 g/mol. The molecule has 0 unspecified atom stereocenters.